The summed E-state index contributed by atoms with van der Waals surface area (Å²) >= 11 is 0. The van der Waals surface area contributed by atoms with E-state index in [2.05, 4.69) is 31.2 Å². The van der Waals surface area contributed by atoms with Crippen LogP contribution in [0.4, 0.5) is 0 Å². The normalized spacial score (nSPS) is 26.4. The van der Waals surface area contributed by atoms with Gasteiger partial charge in [-0.05, 0) is 0 Å². The van der Waals surface area contributed by atoms with Crippen molar-refractivity contribution < 1.29 is 4.84 Å². The topological polar surface area (TPSA) is 33.6 Å². The monoisotopic (exact) mass is 168 g/mol. The van der Waals surface area contributed by atoms with Gasteiger partial charge in [-0.2, -0.15) is 0 Å². The van der Waals surface area contributed by atoms with Crippen molar-refractivity contribution in [1.29, 1.82) is 0 Å². The van der Waals surface area contributed by atoms with Gasteiger partial charge in [0, 0.05) is 24.9 Å². The Morgan fingerprint density at radius 3 is 2.33 bits per heavy atom. The Morgan fingerprint density at radius 1 is 1.42 bits per heavy atom. The number of oxime groups is 1. The summed E-state index contributed by atoms with van der Waals surface area (Å²) in [6.45, 7) is 8.45. The van der Waals surface area contributed by atoms with Crippen molar-refractivity contribution in [2.24, 2.45) is 10.6 Å². The molecule has 2 aliphatic rings. The first-order valence-electron chi connectivity index (χ1n) is 4.48. The van der Waals surface area contributed by atoms with E-state index in [1.807, 2.05) is 0 Å². The molecular weight excluding hydrogens is 152 g/mol. The van der Waals surface area contributed by atoms with Gasteiger partial charge in [-0.3, -0.25) is 0 Å². The zero-order valence-electron chi connectivity index (χ0n) is 7.98. The largest absolute Gasteiger partial charge is 0.386 e. The van der Waals surface area contributed by atoms with E-state index in [9.17, 15) is 0 Å². The molecule has 1 N–H and O–H groups in total. The summed E-state index contributed by atoms with van der Waals surface area (Å²) in [5.41, 5.74) is 1.39. The predicted octanol–water partition coefficient (Wildman–Crippen LogP) is 1.15. The lowest BCUT2D eigenvalue weighted by molar-refractivity contribution is -0.0559. The number of rotatable bonds is 0. The van der Waals surface area contributed by atoms with Crippen molar-refractivity contribution >= 4 is 5.71 Å². The molecule has 3 nitrogen and oxygen atoms in total. The van der Waals surface area contributed by atoms with E-state index in [0.717, 1.165) is 19.5 Å². The number of nitrogens with zero attached hydrogens (tertiary/aromatic N) is 1. The van der Waals surface area contributed by atoms with Crippen LogP contribution in [0.5, 0.6) is 0 Å². The summed E-state index contributed by atoms with van der Waals surface area (Å²) in [5.74, 6) is 0. The minimum absolute atomic E-state index is 0.0304. The second kappa shape index (κ2) is 2.22. The highest BCUT2D eigenvalue weighted by molar-refractivity contribution is 5.90. The van der Waals surface area contributed by atoms with Gasteiger partial charge < -0.3 is 10.2 Å². The second-order valence-electron chi connectivity index (χ2n) is 4.84. The summed E-state index contributed by atoms with van der Waals surface area (Å²) in [7, 11) is 0. The summed E-state index contributed by atoms with van der Waals surface area (Å²) in [6.07, 6.45) is 1.00. The minimum Gasteiger partial charge on any atom is -0.386 e. The third-order valence-electron chi connectivity index (χ3n) is 2.60. The van der Waals surface area contributed by atoms with Gasteiger partial charge >= 0.3 is 0 Å². The maximum absolute atomic E-state index is 5.44. The Kier molecular flexibility index (Phi) is 1.49. The van der Waals surface area contributed by atoms with Crippen LogP contribution >= 0.6 is 0 Å². The molecule has 0 aromatic heterocycles. The van der Waals surface area contributed by atoms with Gasteiger partial charge in [-0.15, -0.1) is 0 Å². The average Bonchev–Trinajstić information content (AvgIpc) is 2.26. The number of nitrogens with one attached hydrogen (secondary N) is 1. The smallest absolute Gasteiger partial charge is 0.167 e. The molecule has 1 spiro atoms. The van der Waals surface area contributed by atoms with E-state index in [-0.39, 0.29) is 11.0 Å². The van der Waals surface area contributed by atoms with Gasteiger partial charge in [-0.25, -0.2) is 0 Å². The van der Waals surface area contributed by atoms with Crippen LogP contribution in [0.25, 0.3) is 0 Å². The van der Waals surface area contributed by atoms with Crippen LogP contribution in [0, 0.1) is 5.41 Å². The zero-order chi connectivity index (χ0) is 8.82. The molecule has 68 valence electrons. The summed E-state index contributed by atoms with van der Waals surface area (Å²) in [4.78, 5) is 5.44. The molecule has 0 atom stereocenters. The van der Waals surface area contributed by atoms with Gasteiger partial charge in [-0.1, -0.05) is 25.9 Å². The molecule has 0 saturated carbocycles. The molecule has 0 amide bonds. The van der Waals surface area contributed by atoms with E-state index < -0.39 is 0 Å². The van der Waals surface area contributed by atoms with Gasteiger partial charge in [0.1, 0.15) is 0 Å². The van der Waals surface area contributed by atoms with Gasteiger partial charge in [0.25, 0.3) is 0 Å². The van der Waals surface area contributed by atoms with Crippen molar-refractivity contribution in [3.8, 4) is 0 Å². The molecule has 0 bridgehead atoms. The van der Waals surface area contributed by atoms with Crippen LogP contribution in [0.3, 0.4) is 0 Å². The number of hydrogen-bond donors (Lipinski definition) is 1. The quantitative estimate of drug-likeness (QED) is 0.588. The molecule has 0 radical (unpaired) electrons. The van der Waals surface area contributed by atoms with Crippen LogP contribution in [-0.4, -0.2) is 24.4 Å². The SMILES string of the molecule is CC(C)(C)C1=NOC2(CNC2)C1. The first-order valence-corrected chi connectivity index (χ1v) is 4.48. The molecule has 12 heavy (non-hydrogen) atoms. The lowest BCUT2D eigenvalue weighted by Crippen LogP contribution is -2.59. The van der Waals surface area contributed by atoms with Crippen molar-refractivity contribution in [2.75, 3.05) is 13.1 Å². The first kappa shape index (κ1) is 8.05. The molecule has 0 aromatic rings. The molecule has 0 aliphatic carbocycles. The van der Waals surface area contributed by atoms with E-state index in [1.165, 1.54) is 5.71 Å². The maximum atomic E-state index is 5.44. The van der Waals surface area contributed by atoms with Crippen molar-refractivity contribution in [1.82, 2.24) is 5.32 Å². The lowest BCUT2D eigenvalue weighted by Gasteiger charge is -2.36. The van der Waals surface area contributed by atoms with Crippen LogP contribution in [0.15, 0.2) is 5.16 Å². The third-order valence-corrected chi connectivity index (χ3v) is 2.60. The molecule has 1 saturated heterocycles. The second-order valence-corrected chi connectivity index (χ2v) is 4.84. The molecule has 0 unspecified atom stereocenters. The highest BCUT2D eigenvalue weighted by atomic mass is 16.7. The standard InChI is InChI=1S/C9H16N2O/c1-8(2,3)7-4-9(12-11-7)5-10-6-9/h10H,4-6H2,1-3H3. The van der Waals surface area contributed by atoms with E-state index in [0.29, 0.717) is 0 Å². The van der Waals surface area contributed by atoms with E-state index in [1.54, 1.807) is 0 Å². The highest BCUT2D eigenvalue weighted by Gasteiger charge is 2.46. The fraction of sp³-hybridized carbons (Fsp3) is 0.889. The predicted molar refractivity (Wildman–Crippen MR) is 48.2 cm³/mol. The van der Waals surface area contributed by atoms with Crippen molar-refractivity contribution in [3.63, 3.8) is 0 Å². The zero-order valence-corrected chi connectivity index (χ0v) is 7.98. The molecule has 3 heteroatoms. The van der Waals surface area contributed by atoms with Crippen LogP contribution in [0.1, 0.15) is 27.2 Å². The molecular formula is C9H16N2O. The third kappa shape index (κ3) is 1.12. The van der Waals surface area contributed by atoms with Gasteiger partial charge in [0.15, 0.2) is 5.60 Å². The highest BCUT2D eigenvalue weighted by Crippen LogP contribution is 2.33. The summed E-state index contributed by atoms with van der Waals surface area (Å²) < 4.78 is 0. The number of hydrogen-bond acceptors (Lipinski definition) is 3. The average molecular weight is 168 g/mol. The van der Waals surface area contributed by atoms with Gasteiger partial charge in [0.05, 0.1) is 5.71 Å². The fourth-order valence-corrected chi connectivity index (χ4v) is 1.52. The lowest BCUT2D eigenvalue weighted by atomic mass is 9.81. The fourth-order valence-electron chi connectivity index (χ4n) is 1.52. The Balaban J connectivity index is 2.05. The van der Waals surface area contributed by atoms with Crippen molar-refractivity contribution in [3.05, 3.63) is 0 Å². The van der Waals surface area contributed by atoms with Crippen LogP contribution < -0.4 is 5.32 Å². The minimum atomic E-state index is 0.0304. The Labute approximate surface area is 73.2 Å². The van der Waals surface area contributed by atoms with E-state index in [4.69, 9.17) is 4.84 Å². The molecule has 2 rings (SSSR count). The first-order chi connectivity index (χ1) is 5.52. The molecule has 2 heterocycles. The van der Waals surface area contributed by atoms with Gasteiger partial charge in [0.2, 0.25) is 0 Å². The molecule has 1 fully saturated rings. The summed E-state index contributed by atoms with van der Waals surface area (Å²) in [6, 6.07) is 0. The van der Waals surface area contributed by atoms with Crippen LogP contribution in [0.2, 0.25) is 0 Å². The van der Waals surface area contributed by atoms with Crippen molar-refractivity contribution in [2.45, 2.75) is 32.8 Å². The molecule has 0 aromatic carbocycles. The summed E-state index contributed by atoms with van der Waals surface area (Å²) in [5, 5.41) is 7.38. The Bertz CT molecular complexity index is 223. The van der Waals surface area contributed by atoms with E-state index >= 15 is 0 Å². The molecule has 2 aliphatic heterocycles. The maximum Gasteiger partial charge on any atom is 0.167 e. The van der Waals surface area contributed by atoms with Crippen LogP contribution in [-0.2, 0) is 4.84 Å². The Hall–Kier alpha value is -0.570. The Morgan fingerprint density at radius 2 is 2.08 bits per heavy atom.